The standard InChI is InChI=1S/C20H27BCl2N2O5/c1-11(2)7-16-20(28)30-21(29-16)17(8-12(3)4)25-18(26)10-24-19(27)14-9-13(22)5-6-15(14)23/h5-6,9,11-12,17,28H,7-8,10H2,1-4H3,(H,24,27)(H,25,26)/t17-/m0/s1. The minimum atomic E-state index is -0.830. The number of aliphatic hydroxyl groups is 1. The third-order valence-corrected chi connectivity index (χ3v) is 4.87. The first-order chi connectivity index (χ1) is 14.1. The molecule has 0 radical (unpaired) electrons. The second-order valence-corrected chi connectivity index (χ2v) is 8.88. The average molecular weight is 457 g/mol. The Balaban J connectivity index is 1.95. The summed E-state index contributed by atoms with van der Waals surface area (Å²) in [7, 11) is -0.830. The van der Waals surface area contributed by atoms with Crippen molar-refractivity contribution >= 4 is 42.1 Å². The molecule has 1 aromatic rings. The fourth-order valence-electron chi connectivity index (χ4n) is 2.99. The van der Waals surface area contributed by atoms with Gasteiger partial charge < -0.3 is 25.0 Å². The molecule has 1 atom stereocenters. The molecule has 3 N–H and O–H groups in total. The van der Waals surface area contributed by atoms with Crippen molar-refractivity contribution in [2.24, 2.45) is 11.8 Å². The molecule has 2 rings (SSSR count). The number of allylic oxidation sites excluding steroid dienone is 1. The Morgan fingerprint density at radius 2 is 1.83 bits per heavy atom. The number of hydrogen-bond acceptors (Lipinski definition) is 5. The Hall–Kier alpha value is -2.06. The van der Waals surface area contributed by atoms with E-state index in [1.165, 1.54) is 12.1 Å². The Bertz CT molecular complexity index is 816. The smallest absolute Gasteiger partial charge is 0.523 e. The van der Waals surface area contributed by atoms with Crippen molar-refractivity contribution in [3.05, 3.63) is 45.5 Å². The van der Waals surface area contributed by atoms with Crippen LogP contribution in [0.25, 0.3) is 0 Å². The summed E-state index contributed by atoms with van der Waals surface area (Å²) >= 11 is 11.9. The van der Waals surface area contributed by atoms with E-state index in [4.69, 9.17) is 32.5 Å². The van der Waals surface area contributed by atoms with Crippen molar-refractivity contribution in [1.82, 2.24) is 10.6 Å². The first kappa shape index (κ1) is 24.2. The lowest BCUT2D eigenvalue weighted by Gasteiger charge is -2.22. The first-order valence-corrected chi connectivity index (χ1v) is 10.6. The lowest BCUT2D eigenvalue weighted by atomic mass is 9.74. The molecule has 10 heteroatoms. The molecule has 164 valence electrons. The zero-order chi connectivity index (χ0) is 22.4. The summed E-state index contributed by atoms with van der Waals surface area (Å²) in [5, 5.41) is 16.0. The van der Waals surface area contributed by atoms with Crippen LogP contribution in [0.3, 0.4) is 0 Å². The van der Waals surface area contributed by atoms with Gasteiger partial charge in [-0.2, -0.15) is 0 Å². The zero-order valence-corrected chi connectivity index (χ0v) is 19.0. The molecular formula is C20H27BCl2N2O5. The van der Waals surface area contributed by atoms with Crippen LogP contribution in [-0.4, -0.2) is 36.5 Å². The average Bonchev–Trinajstić information content (AvgIpc) is 3.00. The van der Waals surface area contributed by atoms with Crippen LogP contribution in [0, 0.1) is 11.8 Å². The lowest BCUT2D eigenvalue weighted by molar-refractivity contribution is -0.120. The number of amides is 2. The molecular weight excluding hydrogens is 430 g/mol. The second-order valence-electron chi connectivity index (χ2n) is 8.04. The molecule has 0 fully saturated rings. The van der Waals surface area contributed by atoms with E-state index in [1.807, 2.05) is 27.7 Å². The number of halogens is 2. The van der Waals surface area contributed by atoms with E-state index in [0.717, 1.165) is 0 Å². The Morgan fingerprint density at radius 1 is 1.13 bits per heavy atom. The summed E-state index contributed by atoms with van der Waals surface area (Å²) in [6.45, 7) is 7.73. The number of benzene rings is 1. The van der Waals surface area contributed by atoms with Crippen LogP contribution >= 0.6 is 23.2 Å². The molecule has 1 heterocycles. The van der Waals surface area contributed by atoms with Gasteiger partial charge in [0.1, 0.15) is 0 Å². The van der Waals surface area contributed by atoms with Gasteiger partial charge >= 0.3 is 7.12 Å². The summed E-state index contributed by atoms with van der Waals surface area (Å²) in [6, 6.07) is 4.52. The van der Waals surface area contributed by atoms with Gasteiger partial charge in [0.05, 0.1) is 23.1 Å². The van der Waals surface area contributed by atoms with E-state index < -0.39 is 24.9 Å². The molecule has 2 amide bonds. The minimum Gasteiger partial charge on any atom is -0.523 e. The zero-order valence-electron chi connectivity index (χ0n) is 17.5. The predicted octanol–water partition coefficient (Wildman–Crippen LogP) is 4.10. The maximum atomic E-state index is 12.4. The van der Waals surface area contributed by atoms with Gasteiger partial charge in [-0.05, 0) is 36.5 Å². The topological polar surface area (TPSA) is 96.9 Å². The van der Waals surface area contributed by atoms with Gasteiger partial charge in [0.15, 0.2) is 5.76 Å². The second kappa shape index (κ2) is 10.8. The number of aliphatic hydroxyl groups excluding tert-OH is 1. The number of carbonyl (C=O) groups excluding carboxylic acids is 2. The summed E-state index contributed by atoms with van der Waals surface area (Å²) in [4.78, 5) is 24.8. The van der Waals surface area contributed by atoms with Gasteiger partial charge in [-0.3, -0.25) is 9.59 Å². The first-order valence-electron chi connectivity index (χ1n) is 9.84. The van der Waals surface area contributed by atoms with Gasteiger partial charge in [-0.25, -0.2) is 0 Å². The quantitative estimate of drug-likeness (QED) is 0.486. The summed E-state index contributed by atoms with van der Waals surface area (Å²) in [6.07, 6.45) is 1.09. The maximum Gasteiger partial charge on any atom is 0.620 e. The van der Waals surface area contributed by atoms with Crippen LogP contribution in [0.15, 0.2) is 29.9 Å². The third kappa shape index (κ3) is 7.02. The maximum absolute atomic E-state index is 12.4. The molecule has 7 nitrogen and oxygen atoms in total. The molecule has 0 aromatic heterocycles. The van der Waals surface area contributed by atoms with Crippen LogP contribution in [-0.2, 0) is 14.1 Å². The van der Waals surface area contributed by atoms with E-state index >= 15 is 0 Å². The molecule has 0 spiro atoms. The fourth-order valence-corrected chi connectivity index (χ4v) is 3.37. The Kier molecular flexibility index (Phi) is 8.73. The molecule has 1 aromatic carbocycles. The van der Waals surface area contributed by atoms with Crippen molar-refractivity contribution in [3.8, 4) is 0 Å². The van der Waals surface area contributed by atoms with E-state index in [-0.39, 0.29) is 34.9 Å². The van der Waals surface area contributed by atoms with Crippen molar-refractivity contribution < 1.29 is 24.0 Å². The Labute approximate surface area is 187 Å². The van der Waals surface area contributed by atoms with Crippen LogP contribution in [0.5, 0.6) is 0 Å². The number of rotatable bonds is 9. The predicted molar refractivity (Wildman–Crippen MR) is 117 cm³/mol. The molecule has 1 aliphatic rings. The third-order valence-electron chi connectivity index (χ3n) is 4.30. The summed E-state index contributed by atoms with van der Waals surface area (Å²) in [5.41, 5.74) is 0.186. The molecule has 0 aliphatic carbocycles. The largest absolute Gasteiger partial charge is 0.620 e. The van der Waals surface area contributed by atoms with Gasteiger partial charge in [0.25, 0.3) is 11.9 Å². The SMILES string of the molecule is CC(C)CC1=C(O)OB([C@H](CC(C)C)NC(=O)CNC(=O)c2cc(Cl)ccc2Cl)O1. The molecule has 0 unspecified atom stereocenters. The van der Waals surface area contributed by atoms with Gasteiger partial charge in [0, 0.05) is 11.4 Å². The van der Waals surface area contributed by atoms with Crippen molar-refractivity contribution in [2.45, 2.75) is 46.5 Å². The highest BCUT2D eigenvalue weighted by molar-refractivity contribution is 6.48. The van der Waals surface area contributed by atoms with Crippen molar-refractivity contribution in [1.29, 1.82) is 0 Å². The van der Waals surface area contributed by atoms with E-state index in [0.29, 0.717) is 23.6 Å². The van der Waals surface area contributed by atoms with Gasteiger partial charge in [-0.15, -0.1) is 0 Å². The van der Waals surface area contributed by atoms with Crippen LogP contribution in [0.1, 0.15) is 50.9 Å². The van der Waals surface area contributed by atoms with Gasteiger partial charge in [0.2, 0.25) is 5.91 Å². The lowest BCUT2D eigenvalue weighted by Crippen LogP contribution is -2.50. The summed E-state index contributed by atoms with van der Waals surface area (Å²) in [5.74, 6) is -0.797. The monoisotopic (exact) mass is 456 g/mol. The van der Waals surface area contributed by atoms with Crippen LogP contribution < -0.4 is 10.6 Å². The highest BCUT2D eigenvalue weighted by atomic mass is 35.5. The number of carbonyl (C=O) groups is 2. The number of nitrogens with one attached hydrogen (secondary N) is 2. The Morgan fingerprint density at radius 3 is 2.47 bits per heavy atom. The van der Waals surface area contributed by atoms with Crippen molar-refractivity contribution in [2.75, 3.05) is 6.54 Å². The van der Waals surface area contributed by atoms with E-state index in [2.05, 4.69) is 10.6 Å². The highest BCUT2D eigenvalue weighted by Crippen LogP contribution is 2.27. The normalized spacial score (nSPS) is 14.6. The molecule has 0 bridgehead atoms. The summed E-state index contributed by atoms with van der Waals surface area (Å²) < 4.78 is 11.2. The van der Waals surface area contributed by atoms with Gasteiger partial charge in [-0.1, -0.05) is 50.9 Å². The van der Waals surface area contributed by atoms with E-state index in [1.54, 1.807) is 6.07 Å². The van der Waals surface area contributed by atoms with E-state index in [9.17, 15) is 14.7 Å². The highest BCUT2D eigenvalue weighted by Gasteiger charge is 2.43. The molecule has 30 heavy (non-hydrogen) atoms. The molecule has 0 saturated heterocycles. The van der Waals surface area contributed by atoms with Crippen molar-refractivity contribution in [3.63, 3.8) is 0 Å². The minimum absolute atomic E-state index is 0.186. The molecule has 1 aliphatic heterocycles. The van der Waals surface area contributed by atoms with Crippen LogP contribution in [0.2, 0.25) is 10.0 Å². The fraction of sp³-hybridized carbons (Fsp3) is 0.500. The molecule has 0 saturated carbocycles. The number of hydrogen-bond donors (Lipinski definition) is 3. The van der Waals surface area contributed by atoms with Crippen LogP contribution in [0.4, 0.5) is 0 Å².